The van der Waals surface area contributed by atoms with E-state index >= 15 is 0 Å². The Hall–Kier alpha value is -1.05. The molecule has 2 aliphatic rings. The Bertz CT molecular complexity index is 440. The van der Waals surface area contributed by atoms with Crippen LogP contribution in [0.2, 0.25) is 0 Å². The topological polar surface area (TPSA) is 26.3 Å². The fraction of sp³-hybridized carbons (Fsp3) is 0.706. The van der Waals surface area contributed by atoms with E-state index in [-0.39, 0.29) is 5.97 Å². The maximum absolute atomic E-state index is 11.3. The molecule has 2 nitrogen and oxygen atoms in total. The van der Waals surface area contributed by atoms with Crippen molar-refractivity contribution in [3.8, 4) is 0 Å². The van der Waals surface area contributed by atoms with E-state index in [1.54, 1.807) is 0 Å². The molecule has 0 unspecified atom stereocenters. The highest BCUT2D eigenvalue weighted by Gasteiger charge is 2.63. The van der Waals surface area contributed by atoms with Crippen molar-refractivity contribution in [2.75, 3.05) is 0 Å². The second-order valence-corrected chi connectivity index (χ2v) is 6.69. The van der Waals surface area contributed by atoms with Crippen LogP contribution in [0.3, 0.4) is 0 Å². The summed E-state index contributed by atoms with van der Waals surface area (Å²) in [5, 5.41) is 0. The normalized spacial score (nSPS) is 32.7. The standard InChI is InChI=1S/C17H26O2/c1-11(2)7-6-10-17(5)14-9-8-12(3)16(15(14)17)19-13(4)18/h7,14-15H,6,8-10H2,1-5H3/t14-,15-,17+/m0/s1. The molecule has 0 N–H and O–H groups in total. The average Bonchev–Trinajstić information content (AvgIpc) is 2.87. The van der Waals surface area contributed by atoms with E-state index in [0.717, 1.165) is 24.5 Å². The Kier molecular flexibility index (Phi) is 3.89. The van der Waals surface area contributed by atoms with E-state index in [9.17, 15) is 4.79 Å². The average molecular weight is 262 g/mol. The van der Waals surface area contributed by atoms with E-state index in [4.69, 9.17) is 4.74 Å². The zero-order valence-electron chi connectivity index (χ0n) is 12.9. The maximum Gasteiger partial charge on any atom is 0.307 e. The molecule has 0 aliphatic heterocycles. The van der Waals surface area contributed by atoms with Crippen LogP contribution in [0.15, 0.2) is 23.0 Å². The van der Waals surface area contributed by atoms with Gasteiger partial charge in [-0.3, -0.25) is 4.79 Å². The lowest BCUT2D eigenvalue weighted by Crippen LogP contribution is -2.09. The molecule has 0 heterocycles. The molecule has 0 radical (unpaired) electrons. The predicted octanol–water partition coefficient (Wildman–Crippen LogP) is 4.62. The molecule has 0 saturated heterocycles. The molecular weight excluding hydrogens is 236 g/mol. The summed E-state index contributed by atoms with van der Waals surface area (Å²) in [6, 6.07) is 0. The zero-order valence-corrected chi connectivity index (χ0v) is 12.9. The minimum atomic E-state index is -0.173. The van der Waals surface area contributed by atoms with Gasteiger partial charge in [-0.15, -0.1) is 0 Å². The quantitative estimate of drug-likeness (QED) is 0.546. The number of esters is 1. The molecule has 0 aromatic rings. The molecule has 3 atom stereocenters. The largest absolute Gasteiger partial charge is 0.431 e. The summed E-state index contributed by atoms with van der Waals surface area (Å²) in [5.74, 6) is 2.02. The molecular formula is C17H26O2. The van der Waals surface area contributed by atoms with Crippen LogP contribution in [0.5, 0.6) is 0 Å². The van der Waals surface area contributed by atoms with E-state index in [0.29, 0.717) is 11.3 Å². The van der Waals surface area contributed by atoms with Gasteiger partial charge < -0.3 is 4.74 Å². The van der Waals surface area contributed by atoms with E-state index in [1.807, 2.05) is 0 Å². The Labute approximate surface area is 116 Å². The van der Waals surface area contributed by atoms with Gasteiger partial charge in [-0.2, -0.15) is 0 Å². The molecule has 2 rings (SSSR count). The van der Waals surface area contributed by atoms with Crippen molar-refractivity contribution in [1.82, 2.24) is 0 Å². The SMILES string of the molecule is CC(=O)OC1=C(C)CC[C@H]2[C@@H]1[C@]2(C)CCC=C(C)C. The van der Waals surface area contributed by atoms with Crippen LogP contribution in [0.4, 0.5) is 0 Å². The van der Waals surface area contributed by atoms with Gasteiger partial charge in [0.15, 0.2) is 0 Å². The zero-order chi connectivity index (χ0) is 14.2. The summed E-state index contributed by atoms with van der Waals surface area (Å²) in [6.45, 7) is 10.3. The van der Waals surface area contributed by atoms with Crippen LogP contribution in [-0.4, -0.2) is 5.97 Å². The summed E-state index contributed by atoms with van der Waals surface area (Å²) < 4.78 is 5.51. The van der Waals surface area contributed by atoms with Crippen molar-refractivity contribution in [2.45, 2.75) is 60.3 Å². The molecule has 0 spiro atoms. The van der Waals surface area contributed by atoms with Crippen LogP contribution in [0.1, 0.15) is 60.3 Å². The van der Waals surface area contributed by atoms with Crippen molar-refractivity contribution in [3.05, 3.63) is 23.0 Å². The fourth-order valence-corrected chi connectivity index (χ4v) is 3.72. The van der Waals surface area contributed by atoms with Crippen LogP contribution in [0, 0.1) is 17.3 Å². The van der Waals surface area contributed by atoms with Crippen LogP contribution >= 0.6 is 0 Å². The van der Waals surface area contributed by atoms with Gasteiger partial charge in [-0.05, 0) is 63.4 Å². The van der Waals surface area contributed by atoms with Crippen LogP contribution in [0.25, 0.3) is 0 Å². The fourth-order valence-electron chi connectivity index (χ4n) is 3.72. The van der Waals surface area contributed by atoms with E-state index in [1.165, 1.54) is 30.9 Å². The lowest BCUT2D eigenvalue weighted by atomic mass is 9.96. The molecule has 1 fully saturated rings. The number of ether oxygens (including phenoxy) is 1. The van der Waals surface area contributed by atoms with Crippen molar-refractivity contribution in [1.29, 1.82) is 0 Å². The second-order valence-electron chi connectivity index (χ2n) is 6.69. The Morgan fingerprint density at radius 3 is 2.68 bits per heavy atom. The van der Waals surface area contributed by atoms with Crippen LogP contribution < -0.4 is 0 Å². The summed E-state index contributed by atoms with van der Waals surface area (Å²) in [5.41, 5.74) is 3.01. The van der Waals surface area contributed by atoms with Gasteiger partial charge in [0.25, 0.3) is 0 Å². The Morgan fingerprint density at radius 1 is 1.42 bits per heavy atom. The molecule has 0 aromatic carbocycles. The van der Waals surface area contributed by atoms with Crippen molar-refractivity contribution in [3.63, 3.8) is 0 Å². The molecule has 0 amide bonds. The second kappa shape index (κ2) is 5.15. The van der Waals surface area contributed by atoms with Crippen LogP contribution in [-0.2, 0) is 9.53 Å². The van der Waals surface area contributed by atoms with Crippen molar-refractivity contribution >= 4 is 5.97 Å². The first-order chi connectivity index (χ1) is 8.86. The molecule has 106 valence electrons. The lowest BCUT2D eigenvalue weighted by Gasteiger charge is -2.16. The number of rotatable bonds is 4. The first-order valence-electron chi connectivity index (χ1n) is 7.37. The third-order valence-electron chi connectivity index (χ3n) is 4.87. The van der Waals surface area contributed by atoms with Gasteiger partial charge in [0.2, 0.25) is 0 Å². The molecule has 1 saturated carbocycles. The number of fused-ring (bicyclic) bond motifs is 1. The monoisotopic (exact) mass is 262 g/mol. The molecule has 0 aromatic heterocycles. The number of allylic oxidation sites excluding steroid dienone is 4. The highest BCUT2D eigenvalue weighted by atomic mass is 16.5. The number of hydrogen-bond donors (Lipinski definition) is 0. The Balaban J connectivity index is 2.08. The van der Waals surface area contributed by atoms with E-state index < -0.39 is 0 Å². The minimum Gasteiger partial charge on any atom is -0.431 e. The molecule has 2 heteroatoms. The van der Waals surface area contributed by atoms with Gasteiger partial charge in [0.1, 0.15) is 5.76 Å². The summed E-state index contributed by atoms with van der Waals surface area (Å²) in [6.07, 6.45) is 7.00. The maximum atomic E-state index is 11.3. The van der Waals surface area contributed by atoms with Gasteiger partial charge >= 0.3 is 5.97 Å². The third kappa shape index (κ3) is 2.77. The first-order valence-corrected chi connectivity index (χ1v) is 7.37. The van der Waals surface area contributed by atoms with Crippen molar-refractivity contribution < 1.29 is 9.53 Å². The third-order valence-corrected chi connectivity index (χ3v) is 4.87. The van der Waals surface area contributed by atoms with Crippen molar-refractivity contribution in [2.24, 2.45) is 17.3 Å². The first kappa shape index (κ1) is 14.4. The summed E-state index contributed by atoms with van der Waals surface area (Å²) in [7, 11) is 0. The van der Waals surface area contributed by atoms with Gasteiger partial charge in [-0.1, -0.05) is 18.6 Å². The molecule has 2 aliphatic carbocycles. The molecule has 0 bridgehead atoms. The smallest absolute Gasteiger partial charge is 0.307 e. The van der Waals surface area contributed by atoms with Gasteiger partial charge in [0, 0.05) is 12.8 Å². The highest BCUT2D eigenvalue weighted by molar-refractivity contribution is 5.67. The molecule has 19 heavy (non-hydrogen) atoms. The number of hydrogen-bond acceptors (Lipinski definition) is 2. The van der Waals surface area contributed by atoms with Gasteiger partial charge in [0.05, 0.1) is 0 Å². The number of carbonyl (C=O) groups excluding carboxylic acids is 1. The summed E-state index contributed by atoms with van der Waals surface area (Å²) >= 11 is 0. The summed E-state index contributed by atoms with van der Waals surface area (Å²) in [4.78, 5) is 11.3. The van der Waals surface area contributed by atoms with Gasteiger partial charge in [-0.25, -0.2) is 0 Å². The number of carbonyl (C=O) groups is 1. The predicted molar refractivity (Wildman–Crippen MR) is 77.5 cm³/mol. The lowest BCUT2D eigenvalue weighted by molar-refractivity contribution is -0.137. The Morgan fingerprint density at radius 2 is 2.11 bits per heavy atom. The highest BCUT2D eigenvalue weighted by Crippen LogP contribution is 2.69. The minimum absolute atomic E-state index is 0.173. The van der Waals surface area contributed by atoms with E-state index in [2.05, 4.69) is 33.8 Å².